The van der Waals surface area contributed by atoms with E-state index in [4.69, 9.17) is 23.2 Å². The third-order valence-corrected chi connectivity index (χ3v) is 3.90. The molecular weight excluding hydrogens is 371 g/mol. The summed E-state index contributed by atoms with van der Waals surface area (Å²) in [4.78, 5) is 25.0. The number of rotatable bonds is 3. The molecule has 3 rings (SSSR count). The summed E-state index contributed by atoms with van der Waals surface area (Å²) in [5.74, 6) is -1.12. The monoisotopic (exact) mass is 378 g/mol. The summed E-state index contributed by atoms with van der Waals surface area (Å²) >= 11 is 11.7. The molecule has 2 aromatic carbocycles. The number of carbonyl (C=O) groups excluding carboxylic acids is 1. The van der Waals surface area contributed by atoms with Crippen molar-refractivity contribution in [3.05, 3.63) is 62.1 Å². The average Bonchev–Trinajstić information content (AvgIpc) is 2.87. The van der Waals surface area contributed by atoms with Crippen LogP contribution in [-0.2, 0) is 0 Å². The van der Waals surface area contributed by atoms with Crippen LogP contribution in [0.15, 0.2) is 46.6 Å². The fraction of sp³-hybridized carbons (Fsp3) is 0. The van der Waals surface area contributed by atoms with Gasteiger partial charge in [-0.05, 0) is 24.3 Å². The zero-order chi connectivity index (χ0) is 18.1. The molecule has 0 bridgehead atoms. The van der Waals surface area contributed by atoms with E-state index in [2.05, 4.69) is 15.2 Å². The number of carbonyl (C=O) groups is 1. The molecule has 0 saturated carbocycles. The Morgan fingerprint density at radius 2 is 1.96 bits per heavy atom. The number of aromatic hydroxyl groups is 1. The van der Waals surface area contributed by atoms with Gasteiger partial charge in [0.25, 0.3) is 11.6 Å². The van der Waals surface area contributed by atoms with Gasteiger partial charge in [0, 0.05) is 22.5 Å². The molecule has 1 aromatic heterocycles. The molecule has 2 N–H and O–H groups in total. The molecule has 1 heterocycles. The molecule has 3 aromatic rings. The van der Waals surface area contributed by atoms with Crippen molar-refractivity contribution < 1.29 is 14.8 Å². The Labute approximate surface area is 149 Å². The lowest BCUT2D eigenvalue weighted by Crippen LogP contribution is -1.94. The largest absolute Gasteiger partial charge is 0.493 e. The Kier molecular flexibility index (Phi) is 4.39. The van der Waals surface area contributed by atoms with Crippen LogP contribution in [0.5, 0.6) is 5.88 Å². The topological polar surface area (TPSA) is 121 Å². The zero-order valence-electron chi connectivity index (χ0n) is 12.2. The molecule has 0 unspecified atom stereocenters. The average molecular weight is 379 g/mol. The maximum Gasteiger partial charge on any atom is 0.296 e. The van der Waals surface area contributed by atoms with Crippen LogP contribution in [0.4, 0.5) is 11.4 Å². The number of benzene rings is 2. The second kappa shape index (κ2) is 6.50. The number of amides is 1. The number of nitro benzene ring substituents is 1. The standard InChI is InChI=1S/C15H8Cl2N4O4/c16-7-1-3-9(11(17)5-7)14(22)20-19-13-10-6-8(21(24)25)2-4-12(10)18-15(13)23/h1-6,18,23H. The Morgan fingerprint density at radius 1 is 1.20 bits per heavy atom. The molecule has 0 aliphatic heterocycles. The minimum atomic E-state index is -0.749. The third-order valence-electron chi connectivity index (χ3n) is 3.35. The predicted octanol–water partition coefficient (Wildman–Crippen LogP) is 5.01. The van der Waals surface area contributed by atoms with Gasteiger partial charge in [-0.25, -0.2) is 0 Å². The van der Waals surface area contributed by atoms with Gasteiger partial charge >= 0.3 is 0 Å². The molecule has 0 aliphatic rings. The number of nitro groups is 1. The van der Waals surface area contributed by atoms with Crippen molar-refractivity contribution in [2.75, 3.05) is 0 Å². The van der Waals surface area contributed by atoms with Crippen LogP contribution in [0.1, 0.15) is 10.4 Å². The van der Waals surface area contributed by atoms with Gasteiger partial charge in [-0.3, -0.25) is 14.9 Å². The molecule has 8 nitrogen and oxygen atoms in total. The fourth-order valence-corrected chi connectivity index (χ4v) is 2.67. The van der Waals surface area contributed by atoms with E-state index in [1.54, 1.807) is 0 Å². The van der Waals surface area contributed by atoms with E-state index < -0.39 is 10.8 Å². The highest BCUT2D eigenvalue weighted by Crippen LogP contribution is 2.37. The maximum absolute atomic E-state index is 12.1. The zero-order valence-corrected chi connectivity index (χ0v) is 13.7. The lowest BCUT2D eigenvalue weighted by Gasteiger charge is -1.99. The molecule has 0 aliphatic carbocycles. The van der Waals surface area contributed by atoms with Crippen LogP contribution in [-0.4, -0.2) is 20.9 Å². The van der Waals surface area contributed by atoms with E-state index in [1.807, 2.05) is 0 Å². The molecule has 1 amide bonds. The van der Waals surface area contributed by atoms with Crippen molar-refractivity contribution in [1.82, 2.24) is 4.98 Å². The minimum Gasteiger partial charge on any atom is -0.493 e. The second-order valence-corrected chi connectivity index (χ2v) is 5.78. The smallest absolute Gasteiger partial charge is 0.296 e. The fourth-order valence-electron chi connectivity index (χ4n) is 2.18. The summed E-state index contributed by atoms with van der Waals surface area (Å²) in [7, 11) is 0. The van der Waals surface area contributed by atoms with Crippen molar-refractivity contribution in [1.29, 1.82) is 0 Å². The number of hydrogen-bond donors (Lipinski definition) is 2. The van der Waals surface area contributed by atoms with E-state index >= 15 is 0 Å². The van der Waals surface area contributed by atoms with E-state index in [1.165, 1.54) is 36.4 Å². The van der Waals surface area contributed by atoms with Gasteiger partial charge < -0.3 is 10.1 Å². The number of azo groups is 1. The van der Waals surface area contributed by atoms with Gasteiger partial charge in [0.2, 0.25) is 5.88 Å². The van der Waals surface area contributed by atoms with Crippen molar-refractivity contribution in [2.24, 2.45) is 10.2 Å². The minimum absolute atomic E-state index is 0.0835. The highest BCUT2D eigenvalue weighted by atomic mass is 35.5. The first-order valence-corrected chi connectivity index (χ1v) is 7.52. The summed E-state index contributed by atoms with van der Waals surface area (Å²) in [6.45, 7) is 0. The highest BCUT2D eigenvalue weighted by molar-refractivity contribution is 6.36. The molecule has 0 saturated heterocycles. The van der Waals surface area contributed by atoms with Crippen molar-refractivity contribution in [2.45, 2.75) is 0 Å². The SMILES string of the molecule is O=C(N=Nc1c(O)[nH]c2ccc([N+](=O)[O-])cc12)c1ccc(Cl)cc1Cl. The van der Waals surface area contributed by atoms with Gasteiger partial charge in [0.05, 0.1) is 21.0 Å². The lowest BCUT2D eigenvalue weighted by molar-refractivity contribution is -0.384. The van der Waals surface area contributed by atoms with Crippen LogP contribution in [0.2, 0.25) is 10.0 Å². The Hall–Kier alpha value is -2.97. The Balaban J connectivity index is 2.00. The molecule has 25 heavy (non-hydrogen) atoms. The highest BCUT2D eigenvalue weighted by Gasteiger charge is 2.16. The number of nitrogens with zero attached hydrogens (tertiary/aromatic N) is 3. The Bertz CT molecular complexity index is 1050. The van der Waals surface area contributed by atoms with E-state index in [0.29, 0.717) is 10.5 Å². The van der Waals surface area contributed by atoms with Gasteiger partial charge in [-0.15, -0.1) is 10.2 Å². The van der Waals surface area contributed by atoms with Gasteiger partial charge in [0.1, 0.15) is 0 Å². The van der Waals surface area contributed by atoms with E-state index in [9.17, 15) is 20.0 Å². The van der Waals surface area contributed by atoms with Gasteiger partial charge in [0.15, 0.2) is 5.69 Å². The number of halogens is 2. The van der Waals surface area contributed by atoms with Gasteiger partial charge in [-0.1, -0.05) is 23.2 Å². The molecular formula is C15H8Cl2N4O4. The molecule has 126 valence electrons. The molecule has 0 atom stereocenters. The summed E-state index contributed by atoms with van der Waals surface area (Å²) in [6, 6.07) is 8.18. The van der Waals surface area contributed by atoms with Crippen molar-refractivity contribution in [3.8, 4) is 5.88 Å². The quantitative estimate of drug-likeness (QED) is 0.377. The third kappa shape index (κ3) is 3.30. The Morgan fingerprint density at radius 3 is 2.64 bits per heavy atom. The van der Waals surface area contributed by atoms with Crippen LogP contribution in [0, 0.1) is 10.1 Å². The number of aromatic amines is 1. The van der Waals surface area contributed by atoms with Gasteiger partial charge in [-0.2, -0.15) is 0 Å². The van der Waals surface area contributed by atoms with Crippen LogP contribution < -0.4 is 0 Å². The summed E-state index contributed by atoms with van der Waals surface area (Å²) in [6.07, 6.45) is 0. The normalized spacial score (nSPS) is 11.3. The van der Waals surface area contributed by atoms with Crippen molar-refractivity contribution >= 4 is 51.4 Å². The summed E-state index contributed by atoms with van der Waals surface area (Å²) < 4.78 is 0. The van der Waals surface area contributed by atoms with Crippen molar-refractivity contribution in [3.63, 3.8) is 0 Å². The number of fused-ring (bicyclic) bond motifs is 1. The molecule has 0 spiro atoms. The number of hydrogen-bond acceptors (Lipinski definition) is 5. The first kappa shape index (κ1) is 16.9. The van der Waals surface area contributed by atoms with Crippen LogP contribution >= 0.6 is 23.2 Å². The molecule has 0 radical (unpaired) electrons. The molecule has 10 heteroatoms. The number of nitrogens with one attached hydrogen (secondary N) is 1. The van der Waals surface area contributed by atoms with E-state index in [-0.39, 0.29) is 33.2 Å². The molecule has 0 fully saturated rings. The van der Waals surface area contributed by atoms with Crippen LogP contribution in [0.3, 0.4) is 0 Å². The predicted molar refractivity (Wildman–Crippen MR) is 91.9 cm³/mol. The number of non-ortho nitro benzene ring substituents is 1. The first-order chi connectivity index (χ1) is 11.9. The summed E-state index contributed by atoms with van der Waals surface area (Å²) in [5.41, 5.74) is 0.223. The second-order valence-electron chi connectivity index (χ2n) is 4.94. The maximum atomic E-state index is 12.1. The summed E-state index contributed by atoms with van der Waals surface area (Å²) in [5, 5.41) is 28.7. The number of aromatic nitrogens is 1. The van der Waals surface area contributed by atoms with E-state index in [0.717, 1.165) is 0 Å². The first-order valence-electron chi connectivity index (χ1n) is 6.77. The van der Waals surface area contributed by atoms with Crippen LogP contribution in [0.25, 0.3) is 10.9 Å². The number of H-pyrrole nitrogens is 1. The lowest BCUT2D eigenvalue weighted by atomic mass is 10.2.